The van der Waals surface area contributed by atoms with E-state index in [1.54, 1.807) is 5.32 Å². The third kappa shape index (κ3) is 4.09. The van der Waals surface area contributed by atoms with E-state index >= 15 is 0 Å². The van der Waals surface area contributed by atoms with Gasteiger partial charge in [-0.15, -0.1) is 0 Å². The molecule has 35 heavy (non-hydrogen) atoms. The number of hydrogen-bond donors (Lipinski definition) is 4. The summed E-state index contributed by atoms with van der Waals surface area (Å²) >= 11 is 0. The number of alkyl halides is 4. The van der Waals surface area contributed by atoms with Crippen molar-refractivity contribution in [3.8, 4) is 11.5 Å². The van der Waals surface area contributed by atoms with E-state index in [9.17, 15) is 42.5 Å². The van der Waals surface area contributed by atoms with Crippen LogP contribution in [0, 0.1) is 0 Å². The Morgan fingerprint density at radius 2 is 1.77 bits per heavy atom. The molecule has 0 fully saturated rings. The third-order valence-electron chi connectivity index (χ3n) is 5.47. The van der Waals surface area contributed by atoms with Gasteiger partial charge in [0.15, 0.2) is 0 Å². The molecule has 1 aliphatic carbocycles. The number of amides is 1. The van der Waals surface area contributed by atoms with Gasteiger partial charge in [-0.25, -0.2) is 4.79 Å². The fourth-order valence-corrected chi connectivity index (χ4v) is 3.78. The van der Waals surface area contributed by atoms with Crippen molar-refractivity contribution in [1.29, 1.82) is 0 Å². The maximum Gasteiger partial charge on any atom is 0.386 e. The van der Waals surface area contributed by atoms with Gasteiger partial charge in [-0.2, -0.15) is 17.6 Å². The summed E-state index contributed by atoms with van der Waals surface area (Å²) in [6, 6.07) is 7.29. The second kappa shape index (κ2) is 8.19. The number of carboxylic acid groups (broad SMARTS) is 1. The molecule has 2 aliphatic rings. The van der Waals surface area contributed by atoms with Crippen LogP contribution in [0.2, 0.25) is 0 Å². The van der Waals surface area contributed by atoms with Gasteiger partial charge in [0.1, 0.15) is 23.4 Å². The molecule has 0 bridgehead atoms. The summed E-state index contributed by atoms with van der Waals surface area (Å²) in [5, 5.41) is 31.4. The first-order valence-electron chi connectivity index (χ1n) is 10.1. The van der Waals surface area contributed by atoms with Crippen molar-refractivity contribution in [3.05, 3.63) is 82.6 Å². The fourth-order valence-electron chi connectivity index (χ4n) is 3.78. The molecule has 182 valence electrons. The highest BCUT2D eigenvalue weighted by atomic mass is 19.3. The topological polar surface area (TPSA) is 116 Å². The molecule has 1 heterocycles. The molecule has 1 aliphatic heterocycles. The zero-order valence-electron chi connectivity index (χ0n) is 17.9. The van der Waals surface area contributed by atoms with Crippen LogP contribution in [-0.4, -0.2) is 45.1 Å². The summed E-state index contributed by atoms with van der Waals surface area (Å²) in [5.74, 6) is -13.9. The van der Waals surface area contributed by atoms with Gasteiger partial charge in [-0.05, 0) is 30.3 Å². The lowest BCUT2D eigenvalue weighted by Gasteiger charge is -2.32. The van der Waals surface area contributed by atoms with Crippen LogP contribution in [0.25, 0.3) is 5.57 Å². The third-order valence-corrected chi connectivity index (χ3v) is 5.47. The predicted octanol–water partition coefficient (Wildman–Crippen LogP) is 4.89. The van der Waals surface area contributed by atoms with Crippen molar-refractivity contribution in [2.75, 3.05) is 5.32 Å². The van der Waals surface area contributed by atoms with Crippen molar-refractivity contribution in [3.63, 3.8) is 0 Å². The molecule has 7 nitrogen and oxygen atoms in total. The number of aliphatic hydroxyl groups excluding tert-OH is 1. The minimum Gasteiger partial charge on any atom is -0.508 e. The van der Waals surface area contributed by atoms with Gasteiger partial charge < -0.3 is 25.4 Å². The van der Waals surface area contributed by atoms with Gasteiger partial charge in [0.05, 0.1) is 5.56 Å². The van der Waals surface area contributed by atoms with E-state index in [0.29, 0.717) is 0 Å². The second-order valence-corrected chi connectivity index (χ2v) is 7.92. The average Bonchev–Trinajstić information content (AvgIpc) is 2.76. The number of aromatic carboxylic acids is 1. The lowest BCUT2D eigenvalue weighted by molar-refractivity contribution is -0.198. The maximum absolute atomic E-state index is 14.1. The molecule has 0 saturated carbocycles. The molecule has 2 aromatic rings. The van der Waals surface area contributed by atoms with Gasteiger partial charge in [-0.1, -0.05) is 12.1 Å². The van der Waals surface area contributed by atoms with Gasteiger partial charge >= 0.3 is 23.7 Å². The van der Waals surface area contributed by atoms with Gasteiger partial charge in [0.25, 0.3) is 0 Å². The minimum absolute atomic E-state index is 0.0657. The number of rotatable bonds is 5. The molecule has 0 aromatic heterocycles. The van der Waals surface area contributed by atoms with E-state index in [4.69, 9.17) is 4.74 Å². The van der Waals surface area contributed by atoms with Crippen LogP contribution in [0.5, 0.6) is 11.5 Å². The van der Waals surface area contributed by atoms with Crippen LogP contribution in [0.4, 0.5) is 23.2 Å². The van der Waals surface area contributed by atoms with E-state index < -0.39 is 41.1 Å². The largest absolute Gasteiger partial charge is 0.508 e. The zero-order chi connectivity index (χ0) is 25.7. The Morgan fingerprint density at radius 1 is 1.06 bits per heavy atom. The summed E-state index contributed by atoms with van der Waals surface area (Å²) in [7, 11) is 0. The molecule has 4 N–H and O–H groups in total. The molecule has 0 radical (unpaired) electrons. The Bertz CT molecular complexity index is 1340. The number of allylic oxidation sites excluding steroid dienone is 1. The van der Waals surface area contributed by atoms with E-state index in [0.717, 1.165) is 18.2 Å². The van der Waals surface area contributed by atoms with Crippen LogP contribution >= 0.6 is 0 Å². The number of hydrogen-bond acceptors (Lipinski definition) is 5. The Balaban J connectivity index is 1.99. The Hall–Kier alpha value is -4.28. The van der Waals surface area contributed by atoms with Crippen LogP contribution in [0.3, 0.4) is 0 Å². The summed E-state index contributed by atoms with van der Waals surface area (Å²) < 4.78 is 60.7. The Morgan fingerprint density at radius 3 is 2.43 bits per heavy atom. The molecule has 1 unspecified atom stereocenters. The number of nitrogens with one attached hydrogen (secondary N) is 1. The highest BCUT2D eigenvalue weighted by molar-refractivity contribution is 6.07. The maximum atomic E-state index is 14.1. The normalized spacial score (nSPS) is 17.2. The average molecular weight is 491 g/mol. The fraction of sp³-hybridized carbons (Fsp3) is 0.167. The van der Waals surface area contributed by atoms with E-state index in [1.165, 1.54) is 36.4 Å². The van der Waals surface area contributed by atoms with Gasteiger partial charge in [0, 0.05) is 47.0 Å². The zero-order valence-corrected chi connectivity index (χ0v) is 17.9. The lowest BCUT2D eigenvalue weighted by Crippen LogP contribution is -2.48. The summed E-state index contributed by atoms with van der Waals surface area (Å²) in [6.45, 7) is -0.108. The summed E-state index contributed by atoms with van der Waals surface area (Å²) in [6.07, 6.45) is 3.00. The van der Waals surface area contributed by atoms with Gasteiger partial charge in [0.2, 0.25) is 0 Å². The molecule has 4 rings (SSSR count). The number of anilines is 1. The first-order valence-corrected chi connectivity index (χ1v) is 10.1. The van der Waals surface area contributed by atoms with E-state index in [2.05, 4.69) is 0 Å². The highest BCUT2D eigenvalue weighted by Crippen LogP contribution is 2.46. The molecule has 11 heteroatoms. The number of halogens is 4. The summed E-state index contributed by atoms with van der Waals surface area (Å²) in [5.41, 5.74) is -0.519. The number of ether oxygens (including phenoxy) is 1. The number of fused-ring (bicyclic) bond motifs is 2. The molecule has 2 aromatic carbocycles. The minimum atomic E-state index is -5.09. The second-order valence-electron chi connectivity index (χ2n) is 7.92. The monoisotopic (exact) mass is 491 g/mol. The standard InChI is InChI=1S/C24H17F4NO6/c1-23(25,26)24(27,28)22(34)29-16-4-2-3-15(21(32)33)20(16)19-13-7-5-11(30)9-17(13)35-18-10-12(31)6-8-14(18)19/h2-10,17,30-31H,1H3,(H,29,34)(H,32,33). The van der Waals surface area contributed by atoms with E-state index in [1.807, 2.05) is 0 Å². The number of aromatic hydroxyl groups is 1. The first kappa shape index (κ1) is 23.9. The lowest BCUT2D eigenvalue weighted by atomic mass is 9.83. The molecular weight excluding hydrogens is 474 g/mol. The van der Waals surface area contributed by atoms with Crippen molar-refractivity contribution in [2.45, 2.75) is 24.9 Å². The first-order chi connectivity index (χ1) is 16.3. The smallest absolute Gasteiger partial charge is 0.386 e. The Kier molecular flexibility index (Phi) is 5.58. The van der Waals surface area contributed by atoms with Crippen molar-refractivity contribution >= 4 is 23.1 Å². The van der Waals surface area contributed by atoms with E-state index in [-0.39, 0.29) is 46.5 Å². The quantitative estimate of drug-likeness (QED) is 0.443. The molecule has 0 saturated heterocycles. The van der Waals surface area contributed by atoms with Crippen LogP contribution in [0.1, 0.15) is 28.4 Å². The molecular formula is C24H17F4NO6. The number of carboxylic acids is 1. The predicted molar refractivity (Wildman–Crippen MR) is 116 cm³/mol. The summed E-state index contributed by atoms with van der Waals surface area (Å²) in [4.78, 5) is 24.3. The number of carbonyl (C=O) groups excluding carboxylic acids is 1. The van der Waals surface area contributed by atoms with Crippen LogP contribution < -0.4 is 10.1 Å². The number of phenolic OH excluding ortho intramolecular Hbond substituents is 1. The van der Waals surface area contributed by atoms with Crippen molar-refractivity contribution in [2.24, 2.45) is 0 Å². The number of phenols is 1. The molecule has 1 atom stereocenters. The van der Waals surface area contributed by atoms with Crippen molar-refractivity contribution < 1.29 is 47.2 Å². The number of carbonyl (C=O) groups is 2. The van der Waals surface area contributed by atoms with Crippen LogP contribution in [0.15, 0.2) is 66.0 Å². The highest BCUT2D eigenvalue weighted by Gasteiger charge is 2.58. The van der Waals surface area contributed by atoms with Gasteiger partial charge in [-0.3, -0.25) is 4.79 Å². The molecule has 1 amide bonds. The number of benzene rings is 2. The van der Waals surface area contributed by atoms with Crippen LogP contribution in [-0.2, 0) is 4.79 Å². The molecule has 0 spiro atoms. The number of aliphatic hydroxyl groups is 1. The SMILES string of the molecule is CC(F)(F)C(F)(F)C(=O)Nc1cccc(C(=O)O)c1C1=C2C=CC(O)=CC2Oc2cc(O)ccc21. The Labute approximate surface area is 195 Å². The van der Waals surface area contributed by atoms with Crippen molar-refractivity contribution in [1.82, 2.24) is 0 Å².